The van der Waals surface area contributed by atoms with Crippen LogP contribution in [0.3, 0.4) is 0 Å². The molecule has 0 radical (unpaired) electrons. The predicted octanol–water partition coefficient (Wildman–Crippen LogP) is 3.38. The fraction of sp³-hybridized carbons (Fsp3) is 0.200. The minimum atomic E-state index is -0.472. The predicted molar refractivity (Wildman–Crippen MR) is 68.3 cm³/mol. The third kappa shape index (κ3) is 2.16. The molecule has 1 heterocycles. The number of benzene rings is 1. The summed E-state index contributed by atoms with van der Waals surface area (Å²) in [5, 5.41) is 0. The van der Waals surface area contributed by atoms with Crippen LogP contribution in [0.4, 0.5) is 4.39 Å². The van der Waals surface area contributed by atoms with Gasteiger partial charge in [0, 0.05) is 17.5 Å². The Labute approximate surface area is 105 Å². The van der Waals surface area contributed by atoms with Gasteiger partial charge in [-0.1, -0.05) is 6.07 Å². The highest BCUT2D eigenvalue weighted by Gasteiger charge is 2.18. The summed E-state index contributed by atoms with van der Waals surface area (Å²) in [5.74, 6) is -0.781. The second kappa shape index (κ2) is 4.69. The molecule has 0 fully saturated rings. The second-order valence-electron chi connectivity index (χ2n) is 4.40. The number of aromatic nitrogens is 1. The van der Waals surface area contributed by atoms with E-state index in [1.807, 2.05) is 6.07 Å². The summed E-state index contributed by atoms with van der Waals surface area (Å²) in [5.41, 5.74) is 2.66. The Balaban J connectivity index is 2.57. The number of halogens is 1. The molecule has 92 valence electrons. The number of rotatable bonds is 2. The van der Waals surface area contributed by atoms with E-state index in [0.717, 1.165) is 5.56 Å². The molecule has 2 rings (SSSR count). The molecule has 0 aliphatic carbocycles. The third-order valence-corrected chi connectivity index (χ3v) is 2.91. The standard InChI is InChI=1S/C15H14FNO/c1-9-7-10(2)14(13(16)8-9)15(18)12-5-4-6-17-11(12)3/h4-8H,1-3H3. The van der Waals surface area contributed by atoms with E-state index in [-0.39, 0.29) is 11.3 Å². The van der Waals surface area contributed by atoms with Gasteiger partial charge in [0.2, 0.25) is 0 Å². The molecular formula is C15H14FNO. The summed E-state index contributed by atoms with van der Waals surface area (Å²) >= 11 is 0. The Morgan fingerprint density at radius 2 is 1.94 bits per heavy atom. The van der Waals surface area contributed by atoms with Crippen LogP contribution in [-0.4, -0.2) is 10.8 Å². The average molecular weight is 243 g/mol. The highest BCUT2D eigenvalue weighted by molar-refractivity contribution is 6.10. The first-order chi connectivity index (χ1) is 8.50. The number of carbonyl (C=O) groups is 1. The van der Waals surface area contributed by atoms with Crippen molar-refractivity contribution in [3.8, 4) is 0 Å². The lowest BCUT2D eigenvalue weighted by atomic mass is 9.96. The van der Waals surface area contributed by atoms with E-state index in [2.05, 4.69) is 4.98 Å². The molecule has 0 bridgehead atoms. The number of pyridine rings is 1. The number of ketones is 1. The first-order valence-electron chi connectivity index (χ1n) is 5.73. The van der Waals surface area contributed by atoms with Crippen LogP contribution in [0.5, 0.6) is 0 Å². The third-order valence-electron chi connectivity index (χ3n) is 2.91. The molecule has 1 aromatic heterocycles. The molecule has 0 aliphatic rings. The van der Waals surface area contributed by atoms with Gasteiger partial charge in [0.15, 0.2) is 5.78 Å². The van der Waals surface area contributed by atoms with Crippen molar-refractivity contribution in [3.63, 3.8) is 0 Å². The molecule has 0 saturated heterocycles. The Kier molecular flexibility index (Phi) is 3.24. The van der Waals surface area contributed by atoms with E-state index in [9.17, 15) is 9.18 Å². The maximum atomic E-state index is 13.9. The fourth-order valence-corrected chi connectivity index (χ4v) is 2.06. The zero-order valence-corrected chi connectivity index (χ0v) is 10.6. The molecule has 2 aromatic rings. The molecular weight excluding hydrogens is 229 g/mol. The van der Waals surface area contributed by atoms with Crippen LogP contribution < -0.4 is 0 Å². The lowest BCUT2D eigenvalue weighted by molar-refractivity contribution is 0.103. The van der Waals surface area contributed by atoms with Crippen molar-refractivity contribution >= 4 is 5.78 Å². The van der Waals surface area contributed by atoms with Crippen LogP contribution >= 0.6 is 0 Å². The number of carbonyl (C=O) groups excluding carboxylic acids is 1. The monoisotopic (exact) mass is 243 g/mol. The lowest BCUT2D eigenvalue weighted by Gasteiger charge is -2.09. The summed E-state index contributed by atoms with van der Waals surface area (Å²) in [4.78, 5) is 16.4. The minimum Gasteiger partial charge on any atom is -0.288 e. The molecule has 3 heteroatoms. The lowest BCUT2D eigenvalue weighted by Crippen LogP contribution is -2.09. The van der Waals surface area contributed by atoms with Crippen LogP contribution in [0.25, 0.3) is 0 Å². The number of nitrogens with zero attached hydrogens (tertiary/aromatic N) is 1. The Bertz CT molecular complexity index is 597. The number of aryl methyl sites for hydroxylation is 3. The highest BCUT2D eigenvalue weighted by Crippen LogP contribution is 2.20. The van der Waals surface area contributed by atoms with Crippen LogP contribution in [0, 0.1) is 26.6 Å². The van der Waals surface area contributed by atoms with Gasteiger partial charge in [-0.05, 0) is 50.1 Å². The second-order valence-corrected chi connectivity index (χ2v) is 4.40. The minimum absolute atomic E-state index is 0.136. The van der Waals surface area contributed by atoms with Crippen molar-refractivity contribution in [2.75, 3.05) is 0 Å². The van der Waals surface area contributed by atoms with Crippen molar-refractivity contribution in [1.29, 1.82) is 0 Å². The molecule has 18 heavy (non-hydrogen) atoms. The Morgan fingerprint density at radius 3 is 2.56 bits per heavy atom. The fourth-order valence-electron chi connectivity index (χ4n) is 2.06. The molecule has 0 saturated carbocycles. The van der Waals surface area contributed by atoms with Gasteiger partial charge >= 0.3 is 0 Å². The van der Waals surface area contributed by atoms with Gasteiger partial charge in [-0.3, -0.25) is 9.78 Å². The maximum Gasteiger partial charge on any atom is 0.198 e. The van der Waals surface area contributed by atoms with Gasteiger partial charge in [-0.25, -0.2) is 4.39 Å². The van der Waals surface area contributed by atoms with Crippen molar-refractivity contribution in [2.45, 2.75) is 20.8 Å². The summed E-state index contributed by atoms with van der Waals surface area (Å²) in [7, 11) is 0. The van der Waals surface area contributed by atoms with E-state index in [4.69, 9.17) is 0 Å². The van der Waals surface area contributed by atoms with Crippen LogP contribution in [0.1, 0.15) is 32.7 Å². The SMILES string of the molecule is Cc1cc(C)c(C(=O)c2cccnc2C)c(F)c1. The van der Waals surface area contributed by atoms with Crippen molar-refractivity contribution in [2.24, 2.45) is 0 Å². The van der Waals surface area contributed by atoms with Gasteiger partial charge in [-0.15, -0.1) is 0 Å². The van der Waals surface area contributed by atoms with Gasteiger partial charge in [-0.2, -0.15) is 0 Å². The first-order valence-corrected chi connectivity index (χ1v) is 5.73. The van der Waals surface area contributed by atoms with Crippen molar-refractivity contribution in [3.05, 3.63) is 64.2 Å². The van der Waals surface area contributed by atoms with E-state index in [1.54, 1.807) is 39.1 Å². The first kappa shape index (κ1) is 12.4. The Morgan fingerprint density at radius 1 is 1.22 bits per heavy atom. The van der Waals surface area contributed by atoms with Crippen LogP contribution in [0.2, 0.25) is 0 Å². The molecule has 1 aromatic carbocycles. The van der Waals surface area contributed by atoms with Gasteiger partial charge in [0.05, 0.1) is 5.56 Å². The largest absolute Gasteiger partial charge is 0.288 e. The van der Waals surface area contributed by atoms with Crippen molar-refractivity contribution in [1.82, 2.24) is 4.98 Å². The van der Waals surface area contributed by atoms with Crippen LogP contribution in [-0.2, 0) is 0 Å². The average Bonchev–Trinajstić information content (AvgIpc) is 2.27. The van der Waals surface area contributed by atoms with E-state index in [0.29, 0.717) is 16.8 Å². The summed E-state index contributed by atoms with van der Waals surface area (Å²) < 4.78 is 13.9. The molecule has 0 atom stereocenters. The number of hydrogen-bond donors (Lipinski definition) is 0. The van der Waals surface area contributed by atoms with E-state index in [1.165, 1.54) is 6.07 Å². The zero-order valence-electron chi connectivity index (χ0n) is 10.6. The molecule has 2 nitrogen and oxygen atoms in total. The highest BCUT2D eigenvalue weighted by atomic mass is 19.1. The van der Waals surface area contributed by atoms with E-state index < -0.39 is 5.82 Å². The molecule has 0 N–H and O–H groups in total. The molecule has 0 amide bonds. The van der Waals surface area contributed by atoms with Crippen molar-refractivity contribution < 1.29 is 9.18 Å². The molecule has 0 unspecified atom stereocenters. The van der Waals surface area contributed by atoms with Gasteiger partial charge in [0.1, 0.15) is 5.82 Å². The summed E-state index contributed by atoms with van der Waals surface area (Å²) in [6.45, 7) is 5.29. The maximum absolute atomic E-state index is 13.9. The van der Waals surface area contributed by atoms with Gasteiger partial charge in [0.25, 0.3) is 0 Å². The quantitative estimate of drug-likeness (QED) is 0.757. The normalized spacial score (nSPS) is 10.4. The topological polar surface area (TPSA) is 30.0 Å². The number of hydrogen-bond acceptors (Lipinski definition) is 2. The summed E-state index contributed by atoms with van der Waals surface area (Å²) in [6.07, 6.45) is 1.62. The van der Waals surface area contributed by atoms with E-state index >= 15 is 0 Å². The molecule has 0 aliphatic heterocycles. The van der Waals surface area contributed by atoms with Crippen LogP contribution in [0.15, 0.2) is 30.5 Å². The molecule has 0 spiro atoms. The van der Waals surface area contributed by atoms with Gasteiger partial charge < -0.3 is 0 Å². The smallest absolute Gasteiger partial charge is 0.198 e. The Hall–Kier alpha value is -2.03. The summed E-state index contributed by atoms with van der Waals surface area (Å²) in [6, 6.07) is 6.54. The zero-order chi connectivity index (χ0) is 13.3.